The van der Waals surface area contributed by atoms with E-state index in [1.807, 2.05) is 0 Å². The van der Waals surface area contributed by atoms with Gasteiger partial charge in [-0.1, -0.05) is 13.3 Å². The molecule has 0 aromatic heterocycles. The molecule has 0 aliphatic heterocycles. The van der Waals surface area contributed by atoms with Gasteiger partial charge in [0.15, 0.2) is 0 Å². The first-order chi connectivity index (χ1) is 1.91. The molecule has 0 spiro atoms. The van der Waals surface area contributed by atoms with Crippen molar-refractivity contribution in [2.75, 3.05) is 0 Å². The van der Waals surface area contributed by atoms with Gasteiger partial charge in [0.25, 0.3) is 0 Å². The van der Waals surface area contributed by atoms with Crippen LogP contribution in [0.15, 0.2) is 0 Å². The van der Waals surface area contributed by atoms with Gasteiger partial charge in [-0.25, -0.2) is 0 Å². The van der Waals surface area contributed by atoms with E-state index in [-0.39, 0.29) is 52.7 Å². The zero-order valence-electron chi connectivity index (χ0n) is 5.02. The second kappa shape index (κ2) is 41.0. The van der Waals surface area contributed by atoms with Crippen LogP contribution in [0.5, 0.6) is 0 Å². The Kier molecular flexibility index (Phi) is 179. The maximum atomic E-state index is 3.60. The third-order valence-corrected chi connectivity index (χ3v) is 0.354. The van der Waals surface area contributed by atoms with E-state index in [2.05, 4.69) is 13.8 Å². The van der Waals surface area contributed by atoms with Crippen LogP contribution in [0, 0.1) is 6.92 Å². The van der Waals surface area contributed by atoms with Gasteiger partial charge in [-0.3, -0.25) is 0 Å². The number of rotatable bonds is 1. The summed E-state index contributed by atoms with van der Waals surface area (Å²) in [6.45, 7) is 5.72. The fourth-order valence-electron chi connectivity index (χ4n) is 0. The molecule has 1 nitrogen and oxygen atoms in total. The number of halogens is 2. The molecule has 2 N–H and O–H groups in total. The van der Waals surface area contributed by atoms with Crippen LogP contribution in [0.3, 0.4) is 0 Å². The molecule has 0 radical (unpaired) electrons. The zero-order valence-corrected chi connectivity index (χ0v) is 8.21. The molecule has 0 aliphatic carbocycles. The molecule has 52 valence electrons. The van der Waals surface area contributed by atoms with Crippen molar-refractivity contribution in [2.24, 2.45) is 0 Å². The molecule has 0 saturated carbocycles. The van der Waals surface area contributed by atoms with Gasteiger partial charge in [-0.2, -0.15) is 6.42 Å². The van der Waals surface area contributed by atoms with E-state index in [0.717, 1.165) is 6.42 Å². The Labute approximate surface area is 79.3 Å². The first kappa shape index (κ1) is 34.8. The van der Waals surface area contributed by atoms with Gasteiger partial charge in [0.2, 0.25) is 0 Å². The molecule has 0 rings (SSSR count). The van der Waals surface area contributed by atoms with Gasteiger partial charge in [-0.15, -0.1) is 24.8 Å². The SMILES string of the molecule is Cl.Cl.[CH2-]CCC.[NH2-].[Ti+2]. The summed E-state index contributed by atoms with van der Waals surface area (Å²) in [4.78, 5) is 0. The summed E-state index contributed by atoms with van der Waals surface area (Å²) in [6.07, 6.45) is 2.28. The fourth-order valence-corrected chi connectivity index (χ4v) is 0. The predicted octanol–water partition coefficient (Wildman–Crippen LogP) is 3.18. The van der Waals surface area contributed by atoms with Gasteiger partial charge in [0.1, 0.15) is 0 Å². The summed E-state index contributed by atoms with van der Waals surface area (Å²) in [5, 5.41) is 0. The van der Waals surface area contributed by atoms with Crippen LogP contribution in [0.2, 0.25) is 0 Å². The van der Waals surface area contributed by atoms with E-state index in [9.17, 15) is 0 Å². The molecular weight excluding hydrogens is 181 g/mol. The van der Waals surface area contributed by atoms with Gasteiger partial charge >= 0.3 is 21.7 Å². The van der Waals surface area contributed by atoms with Gasteiger partial charge in [-0.05, 0) is 0 Å². The first-order valence-corrected chi connectivity index (χ1v) is 1.71. The fraction of sp³-hybridized carbons (Fsp3) is 0.750. The van der Waals surface area contributed by atoms with Crippen LogP contribution in [-0.4, -0.2) is 0 Å². The van der Waals surface area contributed by atoms with Crippen LogP contribution < -0.4 is 0 Å². The van der Waals surface area contributed by atoms with E-state index >= 15 is 0 Å². The minimum Gasteiger partial charge on any atom is -0.693 e. The average molecular weight is 194 g/mol. The van der Waals surface area contributed by atoms with Crippen LogP contribution >= 0.6 is 24.8 Å². The number of nitrogens with two attached hydrogens (primary N) is 1. The minimum absolute atomic E-state index is 0. The van der Waals surface area contributed by atoms with Crippen LogP contribution in [0.4, 0.5) is 0 Å². The smallest absolute Gasteiger partial charge is 0.693 e. The minimum atomic E-state index is 0. The second-order valence-electron chi connectivity index (χ2n) is 0.854. The summed E-state index contributed by atoms with van der Waals surface area (Å²) in [5.74, 6) is 0. The third-order valence-electron chi connectivity index (χ3n) is 0.354. The Morgan fingerprint density at radius 3 is 1.38 bits per heavy atom. The molecule has 0 atom stereocenters. The molecule has 0 heterocycles. The zero-order chi connectivity index (χ0) is 3.41. The summed E-state index contributed by atoms with van der Waals surface area (Å²) < 4.78 is 0. The summed E-state index contributed by atoms with van der Waals surface area (Å²) in [5.41, 5.74) is 0. The summed E-state index contributed by atoms with van der Waals surface area (Å²) in [7, 11) is 0. The van der Waals surface area contributed by atoms with Crippen molar-refractivity contribution in [3.8, 4) is 0 Å². The maximum Gasteiger partial charge on any atom is 2.00 e. The van der Waals surface area contributed by atoms with Crippen molar-refractivity contribution < 1.29 is 21.7 Å². The molecular formula is C4H13Cl2NTi. The van der Waals surface area contributed by atoms with E-state index in [1.165, 1.54) is 6.42 Å². The topological polar surface area (TPSA) is 33.5 Å². The largest absolute Gasteiger partial charge is 2.00 e. The summed E-state index contributed by atoms with van der Waals surface area (Å²) in [6, 6.07) is 0. The predicted molar refractivity (Wildman–Crippen MR) is 40.0 cm³/mol. The molecule has 8 heavy (non-hydrogen) atoms. The molecule has 0 aliphatic rings. The molecule has 0 saturated heterocycles. The molecule has 0 amide bonds. The number of unbranched alkanes of at least 4 members (excludes halogenated alkanes) is 1. The Hall–Kier alpha value is 1.25. The monoisotopic (exact) mass is 193 g/mol. The van der Waals surface area contributed by atoms with E-state index in [1.54, 1.807) is 0 Å². The Morgan fingerprint density at radius 2 is 1.38 bits per heavy atom. The molecule has 4 heteroatoms. The van der Waals surface area contributed by atoms with Crippen molar-refractivity contribution in [1.29, 1.82) is 0 Å². The molecule has 0 aromatic carbocycles. The third kappa shape index (κ3) is 55.8. The van der Waals surface area contributed by atoms with Crippen LogP contribution in [0.1, 0.15) is 19.8 Å². The van der Waals surface area contributed by atoms with Crippen molar-refractivity contribution in [2.45, 2.75) is 19.8 Å². The van der Waals surface area contributed by atoms with E-state index in [0.29, 0.717) is 0 Å². The number of hydrogen-bond donors (Lipinski definition) is 0. The van der Waals surface area contributed by atoms with Crippen molar-refractivity contribution in [3.05, 3.63) is 13.1 Å². The van der Waals surface area contributed by atoms with Crippen molar-refractivity contribution in [1.82, 2.24) is 0 Å². The van der Waals surface area contributed by atoms with Gasteiger partial charge in [0.05, 0.1) is 0 Å². The van der Waals surface area contributed by atoms with E-state index in [4.69, 9.17) is 0 Å². The average Bonchev–Trinajstić information content (AvgIpc) is 1.37. The Bertz CT molecular complexity index is 16.0. The molecule has 0 aromatic rings. The summed E-state index contributed by atoms with van der Waals surface area (Å²) >= 11 is 0. The molecule has 0 bridgehead atoms. The number of hydrogen-bond acceptors (Lipinski definition) is 0. The first-order valence-electron chi connectivity index (χ1n) is 1.71. The normalized spacial score (nSPS) is 3.75. The van der Waals surface area contributed by atoms with Crippen molar-refractivity contribution in [3.63, 3.8) is 0 Å². The molecule has 0 fully saturated rings. The second-order valence-corrected chi connectivity index (χ2v) is 0.854. The quantitative estimate of drug-likeness (QED) is 0.453. The standard InChI is InChI=1S/C4H9.2ClH.H2N.Ti/c1-3-4-2;;;;/h1,3-4H2,2H3;2*1H;1H2;/q-1;;;-1;+2. The van der Waals surface area contributed by atoms with Gasteiger partial charge in [0, 0.05) is 0 Å². The van der Waals surface area contributed by atoms with Crippen molar-refractivity contribution >= 4 is 24.8 Å². The van der Waals surface area contributed by atoms with Gasteiger partial charge < -0.3 is 13.1 Å². The maximum absolute atomic E-state index is 3.60. The van der Waals surface area contributed by atoms with Crippen LogP contribution in [-0.2, 0) is 21.7 Å². The Balaban J connectivity index is -0.00000000750. The van der Waals surface area contributed by atoms with E-state index < -0.39 is 0 Å². The molecule has 0 unspecified atom stereocenters. The van der Waals surface area contributed by atoms with Crippen LogP contribution in [0.25, 0.3) is 6.15 Å². The Morgan fingerprint density at radius 1 is 1.25 bits per heavy atom.